The highest BCUT2D eigenvalue weighted by Crippen LogP contribution is 2.55. The number of methoxy groups -OCH3 is 2. The number of para-hydroxylation sites is 1. The maximum Gasteiger partial charge on any atom is 0.340 e. The Bertz CT molecular complexity index is 1190. The average Bonchev–Trinajstić information content (AvgIpc) is 3.07. The summed E-state index contributed by atoms with van der Waals surface area (Å²) in [5.74, 6) is -5.40. The Morgan fingerprint density at radius 3 is 2.22 bits per heavy atom. The molecule has 0 bridgehead atoms. The van der Waals surface area contributed by atoms with Crippen LogP contribution in [0.1, 0.15) is 25.8 Å². The van der Waals surface area contributed by atoms with Crippen LogP contribution in [0.5, 0.6) is 0 Å². The Labute approximate surface area is 206 Å². The number of nitrogens with two attached hydrogens (primary N) is 1. The van der Waals surface area contributed by atoms with Gasteiger partial charge < -0.3 is 29.4 Å². The van der Waals surface area contributed by atoms with Crippen LogP contribution in [0.25, 0.3) is 0 Å². The summed E-state index contributed by atoms with van der Waals surface area (Å²) in [7, 11) is 2.22. The Hall–Kier alpha value is -4.35. The van der Waals surface area contributed by atoms with Crippen molar-refractivity contribution in [3.8, 4) is 0 Å². The SMILES string of the molecule is CCOC(=O)CC1=C(C(=O)OCC)[C@@]2(C(=O)N(CC(=O)OC)c3ccccc32)C(C(=O)OC)=C(N)O1. The van der Waals surface area contributed by atoms with E-state index < -0.39 is 65.2 Å². The average molecular weight is 502 g/mol. The van der Waals surface area contributed by atoms with E-state index in [2.05, 4.69) is 0 Å². The van der Waals surface area contributed by atoms with Crippen molar-refractivity contribution in [1.29, 1.82) is 0 Å². The zero-order chi connectivity index (χ0) is 26.6. The van der Waals surface area contributed by atoms with Gasteiger partial charge in [0.2, 0.25) is 11.8 Å². The first-order valence-electron chi connectivity index (χ1n) is 11.0. The summed E-state index contributed by atoms with van der Waals surface area (Å²) in [6.07, 6.45) is -0.592. The molecule has 0 radical (unpaired) electrons. The lowest BCUT2D eigenvalue weighted by molar-refractivity contribution is -0.143. The number of amides is 1. The molecule has 1 aromatic carbocycles. The highest BCUT2D eigenvalue weighted by Gasteiger charge is 2.64. The largest absolute Gasteiger partial charge is 0.468 e. The van der Waals surface area contributed by atoms with Crippen molar-refractivity contribution in [2.24, 2.45) is 5.73 Å². The molecule has 1 amide bonds. The second kappa shape index (κ2) is 10.5. The van der Waals surface area contributed by atoms with E-state index in [1.807, 2.05) is 0 Å². The Kier molecular flexibility index (Phi) is 7.66. The highest BCUT2D eigenvalue weighted by molar-refractivity contribution is 6.23. The zero-order valence-electron chi connectivity index (χ0n) is 20.2. The molecule has 12 heteroatoms. The first-order valence-corrected chi connectivity index (χ1v) is 11.0. The number of rotatable bonds is 8. The number of carbonyl (C=O) groups excluding carboxylic acids is 5. The second-order valence-electron chi connectivity index (χ2n) is 7.57. The number of hydrogen-bond donors (Lipinski definition) is 1. The summed E-state index contributed by atoms with van der Waals surface area (Å²) in [4.78, 5) is 66.4. The topological polar surface area (TPSA) is 161 Å². The van der Waals surface area contributed by atoms with E-state index in [0.29, 0.717) is 0 Å². The van der Waals surface area contributed by atoms with Crippen molar-refractivity contribution in [1.82, 2.24) is 0 Å². The van der Waals surface area contributed by atoms with Crippen molar-refractivity contribution < 1.29 is 47.7 Å². The number of ether oxygens (including phenoxy) is 5. The van der Waals surface area contributed by atoms with Crippen LogP contribution >= 0.6 is 0 Å². The van der Waals surface area contributed by atoms with Gasteiger partial charge in [0.1, 0.15) is 35.3 Å². The summed E-state index contributed by atoms with van der Waals surface area (Å²) in [5, 5.41) is 0. The Morgan fingerprint density at radius 2 is 1.61 bits per heavy atom. The van der Waals surface area contributed by atoms with Crippen LogP contribution in [0.3, 0.4) is 0 Å². The van der Waals surface area contributed by atoms with Gasteiger partial charge in [-0.25, -0.2) is 9.59 Å². The van der Waals surface area contributed by atoms with Crippen LogP contribution in [-0.4, -0.2) is 63.8 Å². The van der Waals surface area contributed by atoms with Gasteiger partial charge in [0.15, 0.2) is 0 Å². The molecule has 2 aliphatic rings. The molecule has 3 rings (SSSR count). The molecule has 36 heavy (non-hydrogen) atoms. The smallest absolute Gasteiger partial charge is 0.340 e. The molecule has 0 fully saturated rings. The molecule has 192 valence electrons. The van der Waals surface area contributed by atoms with Crippen LogP contribution in [-0.2, 0) is 53.1 Å². The van der Waals surface area contributed by atoms with Crippen molar-refractivity contribution >= 4 is 35.5 Å². The lowest BCUT2D eigenvalue weighted by atomic mass is 9.67. The van der Waals surface area contributed by atoms with Gasteiger partial charge in [-0.3, -0.25) is 19.3 Å². The number of fused-ring (bicyclic) bond motifs is 2. The van der Waals surface area contributed by atoms with Crippen LogP contribution in [0.2, 0.25) is 0 Å². The van der Waals surface area contributed by atoms with Gasteiger partial charge in [-0.15, -0.1) is 0 Å². The lowest BCUT2D eigenvalue weighted by Gasteiger charge is -2.36. The quantitative estimate of drug-likeness (QED) is 0.391. The lowest BCUT2D eigenvalue weighted by Crippen LogP contribution is -2.51. The third kappa shape index (κ3) is 4.14. The molecular formula is C24H26N2O10. The van der Waals surface area contributed by atoms with Crippen LogP contribution in [0.4, 0.5) is 5.69 Å². The molecule has 2 N–H and O–H groups in total. The third-order valence-corrected chi connectivity index (χ3v) is 5.67. The number of benzene rings is 1. The maximum absolute atomic E-state index is 14.3. The molecule has 12 nitrogen and oxygen atoms in total. The van der Waals surface area contributed by atoms with Crippen LogP contribution in [0.15, 0.2) is 47.1 Å². The Balaban J connectivity index is 2.43. The van der Waals surface area contributed by atoms with E-state index in [1.54, 1.807) is 26.0 Å². The molecule has 1 spiro atoms. The van der Waals surface area contributed by atoms with E-state index in [9.17, 15) is 24.0 Å². The summed E-state index contributed by atoms with van der Waals surface area (Å²) in [6, 6.07) is 6.20. The van der Waals surface area contributed by atoms with Gasteiger partial charge >= 0.3 is 23.9 Å². The number of carbonyl (C=O) groups is 5. The van der Waals surface area contributed by atoms with Crippen molar-refractivity contribution in [2.45, 2.75) is 25.7 Å². The minimum atomic E-state index is -2.24. The number of nitrogens with zero attached hydrogens (tertiary/aromatic N) is 1. The predicted octanol–water partition coefficient (Wildman–Crippen LogP) is 0.588. The fourth-order valence-electron chi connectivity index (χ4n) is 4.33. The van der Waals surface area contributed by atoms with Crippen LogP contribution in [0, 0.1) is 0 Å². The minimum absolute atomic E-state index is 0.0411. The second-order valence-corrected chi connectivity index (χ2v) is 7.57. The summed E-state index contributed by atoms with van der Waals surface area (Å²) >= 11 is 0. The first kappa shape index (κ1) is 26.3. The van der Waals surface area contributed by atoms with E-state index in [1.165, 1.54) is 12.1 Å². The number of hydrogen-bond acceptors (Lipinski definition) is 11. The van der Waals surface area contributed by atoms with Gasteiger partial charge in [0, 0.05) is 11.3 Å². The fourth-order valence-corrected chi connectivity index (χ4v) is 4.33. The molecule has 1 atom stereocenters. The summed E-state index contributed by atoms with van der Waals surface area (Å²) in [6.45, 7) is 2.54. The summed E-state index contributed by atoms with van der Waals surface area (Å²) < 4.78 is 25.4. The number of anilines is 1. The van der Waals surface area contributed by atoms with Crippen molar-refractivity contribution in [2.75, 3.05) is 38.9 Å². The Morgan fingerprint density at radius 1 is 0.944 bits per heavy atom. The van der Waals surface area contributed by atoms with E-state index in [-0.39, 0.29) is 30.2 Å². The number of esters is 4. The van der Waals surface area contributed by atoms with E-state index >= 15 is 0 Å². The van der Waals surface area contributed by atoms with Gasteiger partial charge in [-0.05, 0) is 19.9 Å². The summed E-state index contributed by atoms with van der Waals surface area (Å²) in [5.41, 5.74) is 3.29. The van der Waals surface area contributed by atoms with E-state index in [4.69, 9.17) is 29.4 Å². The maximum atomic E-state index is 14.3. The van der Waals surface area contributed by atoms with Crippen molar-refractivity contribution in [3.63, 3.8) is 0 Å². The van der Waals surface area contributed by atoms with Gasteiger partial charge in [-0.1, -0.05) is 18.2 Å². The normalized spacial score (nSPS) is 18.6. The van der Waals surface area contributed by atoms with Gasteiger partial charge in [0.05, 0.1) is 27.4 Å². The zero-order valence-corrected chi connectivity index (χ0v) is 20.2. The predicted molar refractivity (Wildman–Crippen MR) is 122 cm³/mol. The van der Waals surface area contributed by atoms with Crippen LogP contribution < -0.4 is 10.6 Å². The molecule has 0 saturated heterocycles. The third-order valence-electron chi connectivity index (χ3n) is 5.67. The monoisotopic (exact) mass is 502 g/mol. The molecule has 2 aliphatic heterocycles. The van der Waals surface area contributed by atoms with Crippen molar-refractivity contribution in [3.05, 3.63) is 52.6 Å². The molecular weight excluding hydrogens is 476 g/mol. The van der Waals surface area contributed by atoms with E-state index in [0.717, 1.165) is 19.1 Å². The molecule has 2 heterocycles. The molecule has 0 unspecified atom stereocenters. The van der Waals surface area contributed by atoms with Gasteiger partial charge in [-0.2, -0.15) is 0 Å². The molecule has 0 aliphatic carbocycles. The first-order chi connectivity index (χ1) is 17.2. The molecule has 0 aromatic heterocycles. The molecule has 0 saturated carbocycles. The fraction of sp³-hybridized carbons (Fsp3) is 0.375. The minimum Gasteiger partial charge on any atom is -0.468 e. The van der Waals surface area contributed by atoms with Gasteiger partial charge in [0.25, 0.3) is 0 Å². The standard InChI is InChI=1S/C24H26N2O10/c1-5-34-16(27)11-15-18(22(30)35-6-2)24(19(20(25)36-15)21(29)33-4)13-9-7-8-10-14(13)26(23(24)31)12-17(28)32-3/h7-10H,5-6,11-12,25H2,1-4H3/t24-/m1/s1. The highest BCUT2D eigenvalue weighted by atomic mass is 16.6. The molecule has 1 aromatic rings.